The molecular formula is C17H24FN3O. The number of fused-ring (bicyclic) bond motifs is 1. The summed E-state index contributed by atoms with van der Waals surface area (Å²) in [4.78, 5) is 14.3. The first-order chi connectivity index (χ1) is 10.5. The van der Waals surface area contributed by atoms with E-state index in [1.165, 1.54) is 18.9 Å². The number of halogens is 1. The molecule has 2 aliphatic rings. The van der Waals surface area contributed by atoms with Crippen LogP contribution in [0.3, 0.4) is 0 Å². The fraction of sp³-hybridized carbons (Fsp3) is 0.588. The number of benzene rings is 1. The zero-order valence-corrected chi connectivity index (χ0v) is 13.0. The lowest BCUT2D eigenvalue weighted by atomic mass is 9.78. The lowest BCUT2D eigenvalue weighted by molar-refractivity contribution is -0.117. The fourth-order valence-electron chi connectivity index (χ4n) is 3.81. The maximum absolute atomic E-state index is 13.5. The Labute approximate surface area is 130 Å². The Kier molecular flexibility index (Phi) is 4.45. The third-order valence-electron chi connectivity index (χ3n) is 5.05. The minimum atomic E-state index is -0.295. The summed E-state index contributed by atoms with van der Waals surface area (Å²) >= 11 is 0. The molecule has 2 fully saturated rings. The smallest absolute Gasteiger partial charge is 0.238 e. The van der Waals surface area contributed by atoms with Crippen molar-refractivity contribution in [2.45, 2.75) is 32.2 Å². The molecule has 120 valence electrons. The molecule has 1 saturated carbocycles. The van der Waals surface area contributed by atoms with Crippen molar-refractivity contribution < 1.29 is 9.18 Å². The molecule has 1 amide bonds. The molecule has 3 N–H and O–H groups in total. The van der Waals surface area contributed by atoms with Gasteiger partial charge in [0.15, 0.2) is 0 Å². The normalized spacial score (nSPS) is 28.4. The summed E-state index contributed by atoms with van der Waals surface area (Å²) in [5, 5.41) is 2.78. The second-order valence-corrected chi connectivity index (χ2v) is 6.72. The number of aryl methyl sites for hydroxylation is 1. The first kappa shape index (κ1) is 15.4. The van der Waals surface area contributed by atoms with Gasteiger partial charge in [-0.05, 0) is 49.3 Å². The lowest BCUT2D eigenvalue weighted by Crippen LogP contribution is -2.38. The summed E-state index contributed by atoms with van der Waals surface area (Å²) < 4.78 is 13.5. The second-order valence-electron chi connectivity index (χ2n) is 6.72. The zero-order chi connectivity index (χ0) is 15.7. The molecule has 1 aliphatic heterocycles. The summed E-state index contributed by atoms with van der Waals surface area (Å²) in [5.74, 6) is 0.776. The van der Waals surface area contributed by atoms with E-state index in [1.807, 2.05) is 0 Å². The molecule has 0 radical (unpaired) electrons. The summed E-state index contributed by atoms with van der Waals surface area (Å²) in [7, 11) is 0. The first-order valence-electron chi connectivity index (χ1n) is 8.07. The number of hydrogen-bond acceptors (Lipinski definition) is 3. The Hall–Kier alpha value is -1.46. The maximum atomic E-state index is 13.5. The number of nitrogens with one attached hydrogen (secondary N) is 1. The average Bonchev–Trinajstić information content (AvgIpc) is 2.87. The molecule has 1 saturated heterocycles. The molecule has 4 nitrogen and oxygen atoms in total. The van der Waals surface area contributed by atoms with E-state index >= 15 is 0 Å². The SMILES string of the molecule is Cc1ccc(NC(=O)CN2CC3CCCC(N)C3C2)cc1F. The van der Waals surface area contributed by atoms with Gasteiger partial charge in [-0.25, -0.2) is 4.39 Å². The maximum Gasteiger partial charge on any atom is 0.238 e. The van der Waals surface area contributed by atoms with Crippen LogP contribution in [0.2, 0.25) is 0 Å². The van der Waals surface area contributed by atoms with E-state index in [1.54, 1.807) is 19.1 Å². The lowest BCUT2D eigenvalue weighted by Gasteiger charge is -2.29. The second kappa shape index (κ2) is 6.34. The van der Waals surface area contributed by atoms with E-state index in [0.29, 0.717) is 29.6 Å². The molecule has 3 rings (SSSR count). The highest BCUT2D eigenvalue weighted by molar-refractivity contribution is 5.92. The van der Waals surface area contributed by atoms with Crippen molar-refractivity contribution in [2.75, 3.05) is 25.0 Å². The third kappa shape index (κ3) is 3.31. The zero-order valence-electron chi connectivity index (χ0n) is 13.0. The number of likely N-dealkylation sites (tertiary alicyclic amines) is 1. The van der Waals surface area contributed by atoms with Crippen LogP contribution in [0.5, 0.6) is 0 Å². The van der Waals surface area contributed by atoms with Gasteiger partial charge in [0.25, 0.3) is 0 Å². The van der Waals surface area contributed by atoms with E-state index in [9.17, 15) is 9.18 Å². The first-order valence-corrected chi connectivity index (χ1v) is 8.07. The predicted molar refractivity (Wildman–Crippen MR) is 85.0 cm³/mol. The van der Waals surface area contributed by atoms with Gasteiger partial charge in [-0.3, -0.25) is 9.69 Å². The Morgan fingerprint density at radius 2 is 2.23 bits per heavy atom. The van der Waals surface area contributed by atoms with Crippen LogP contribution in [-0.4, -0.2) is 36.5 Å². The van der Waals surface area contributed by atoms with Gasteiger partial charge in [0.2, 0.25) is 5.91 Å². The van der Waals surface area contributed by atoms with Crippen molar-refractivity contribution in [3.8, 4) is 0 Å². The van der Waals surface area contributed by atoms with E-state index in [4.69, 9.17) is 5.73 Å². The van der Waals surface area contributed by atoms with Gasteiger partial charge < -0.3 is 11.1 Å². The number of rotatable bonds is 3. The molecule has 0 spiro atoms. The quantitative estimate of drug-likeness (QED) is 0.899. The molecule has 1 heterocycles. The predicted octanol–water partition coefficient (Wildman–Crippen LogP) is 2.13. The van der Waals surface area contributed by atoms with E-state index in [2.05, 4.69) is 10.2 Å². The Balaban J connectivity index is 1.55. The Bertz CT molecular complexity index is 563. The van der Waals surface area contributed by atoms with Gasteiger partial charge in [-0.1, -0.05) is 12.5 Å². The van der Waals surface area contributed by atoms with Crippen molar-refractivity contribution in [3.05, 3.63) is 29.6 Å². The van der Waals surface area contributed by atoms with Crippen molar-refractivity contribution in [1.29, 1.82) is 0 Å². The van der Waals surface area contributed by atoms with Crippen molar-refractivity contribution in [2.24, 2.45) is 17.6 Å². The van der Waals surface area contributed by atoms with Crippen molar-refractivity contribution in [1.82, 2.24) is 4.90 Å². The van der Waals surface area contributed by atoms with Crippen molar-refractivity contribution in [3.63, 3.8) is 0 Å². The van der Waals surface area contributed by atoms with E-state index < -0.39 is 0 Å². The van der Waals surface area contributed by atoms with Crippen molar-refractivity contribution >= 4 is 11.6 Å². The van der Waals surface area contributed by atoms with Crippen LogP contribution in [0.4, 0.5) is 10.1 Å². The topological polar surface area (TPSA) is 58.4 Å². The van der Waals surface area contributed by atoms with Crippen LogP contribution in [-0.2, 0) is 4.79 Å². The molecule has 0 aromatic heterocycles. The number of carbonyl (C=O) groups is 1. The molecule has 1 aromatic rings. The number of hydrogen-bond donors (Lipinski definition) is 2. The monoisotopic (exact) mass is 305 g/mol. The highest BCUT2D eigenvalue weighted by Gasteiger charge is 2.38. The van der Waals surface area contributed by atoms with Crippen LogP contribution in [0, 0.1) is 24.6 Å². The molecule has 0 bridgehead atoms. The van der Waals surface area contributed by atoms with Crippen LogP contribution >= 0.6 is 0 Å². The molecule has 22 heavy (non-hydrogen) atoms. The van der Waals surface area contributed by atoms with Crippen LogP contribution in [0.15, 0.2) is 18.2 Å². The Morgan fingerprint density at radius 1 is 1.41 bits per heavy atom. The van der Waals surface area contributed by atoms with Gasteiger partial charge in [-0.15, -0.1) is 0 Å². The van der Waals surface area contributed by atoms with E-state index in [-0.39, 0.29) is 17.8 Å². The van der Waals surface area contributed by atoms with Crippen LogP contribution in [0.25, 0.3) is 0 Å². The number of amides is 1. The number of nitrogens with zero attached hydrogens (tertiary/aromatic N) is 1. The molecule has 3 atom stereocenters. The molecule has 1 aliphatic carbocycles. The summed E-state index contributed by atoms with van der Waals surface area (Å²) in [6, 6.07) is 5.05. The minimum Gasteiger partial charge on any atom is -0.327 e. The molecule has 3 unspecified atom stereocenters. The summed E-state index contributed by atoms with van der Waals surface area (Å²) in [6.45, 7) is 3.92. The number of anilines is 1. The molecule has 1 aromatic carbocycles. The molecule has 5 heteroatoms. The highest BCUT2D eigenvalue weighted by atomic mass is 19.1. The van der Waals surface area contributed by atoms with Gasteiger partial charge >= 0.3 is 0 Å². The number of nitrogens with two attached hydrogens (primary N) is 1. The summed E-state index contributed by atoms with van der Waals surface area (Å²) in [6.07, 6.45) is 3.52. The minimum absolute atomic E-state index is 0.0875. The highest BCUT2D eigenvalue weighted by Crippen LogP contribution is 2.35. The van der Waals surface area contributed by atoms with E-state index in [0.717, 1.165) is 19.5 Å². The largest absolute Gasteiger partial charge is 0.327 e. The number of carbonyl (C=O) groups excluding carboxylic acids is 1. The van der Waals surface area contributed by atoms with Gasteiger partial charge in [-0.2, -0.15) is 0 Å². The standard InChI is InChI=1S/C17H24FN3O/c1-11-5-6-13(7-15(11)18)20-17(22)10-21-8-12-3-2-4-16(19)14(12)9-21/h5-7,12,14,16H,2-4,8-10,19H2,1H3,(H,20,22). The van der Waals surface area contributed by atoms with Gasteiger partial charge in [0.05, 0.1) is 6.54 Å². The van der Waals surface area contributed by atoms with Crippen LogP contribution < -0.4 is 11.1 Å². The fourth-order valence-corrected chi connectivity index (χ4v) is 3.81. The summed E-state index contributed by atoms with van der Waals surface area (Å²) in [5.41, 5.74) is 7.29. The molecular weight excluding hydrogens is 281 g/mol. The van der Waals surface area contributed by atoms with Gasteiger partial charge in [0.1, 0.15) is 5.82 Å². The van der Waals surface area contributed by atoms with Gasteiger partial charge in [0, 0.05) is 24.8 Å². The average molecular weight is 305 g/mol. The third-order valence-corrected chi connectivity index (χ3v) is 5.05. The van der Waals surface area contributed by atoms with Crippen LogP contribution in [0.1, 0.15) is 24.8 Å². The Morgan fingerprint density at radius 3 is 2.95 bits per heavy atom.